The predicted molar refractivity (Wildman–Crippen MR) is 75.3 cm³/mol. The fourth-order valence-corrected chi connectivity index (χ4v) is 1.67. The monoisotopic (exact) mass is 270 g/mol. The van der Waals surface area contributed by atoms with Crippen LogP contribution in [0.1, 0.15) is 15.9 Å². The molecule has 0 amide bonds. The normalized spacial score (nSPS) is 11.3. The van der Waals surface area contributed by atoms with E-state index in [0.717, 1.165) is 23.8 Å². The highest BCUT2D eigenvalue weighted by molar-refractivity contribution is 6.04. The molecule has 0 heterocycles. The summed E-state index contributed by atoms with van der Waals surface area (Å²) in [5.41, 5.74) is 0.994. The van der Waals surface area contributed by atoms with Gasteiger partial charge in [0.15, 0.2) is 5.78 Å². The molecule has 2 rings (SSSR count). The number of ketones is 1. The van der Waals surface area contributed by atoms with Gasteiger partial charge in [-0.3, -0.25) is 4.79 Å². The molecule has 2 aromatic carbocycles. The van der Waals surface area contributed by atoms with Crippen molar-refractivity contribution in [2.45, 2.75) is 0 Å². The molecule has 20 heavy (non-hydrogen) atoms. The summed E-state index contributed by atoms with van der Waals surface area (Å²) in [7, 11) is 0. The van der Waals surface area contributed by atoms with Crippen molar-refractivity contribution in [3.8, 4) is 0 Å². The Hall–Kier alpha value is -2.55. The van der Waals surface area contributed by atoms with E-state index in [1.807, 2.05) is 36.4 Å². The molecule has 0 aliphatic heterocycles. The maximum Gasteiger partial charge on any atom is 0.186 e. The molecule has 0 aromatic heterocycles. The average Bonchev–Trinajstić information content (AvgIpc) is 2.43. The molecule has 100 valence electrons. The van der Waals surface area contributed by atoms with Crippen molar-refractivity contribution in [2.24, 2.45) is 0 Å². The third-order valence-electron chi connectivity index (χ3n) is 2.59. The Morgan fingerprint density at radius 2 is 1.55 bits per heavy atom. The van der Waals surface area contributed by atoms with Crippen LogP contribution in [0.3, 0.4) is 0 Å². The molecule has 0 radical (unpaired) electrons. The molecule has 0 atom stereocenters. The first-order chi connectivity index (χ1) is 9.65. The smallest absolute Gasteiger partial charge is 0.186 e. The zero-order chi connectivity index (χ0) is 14.4. The minimum Gasteiger partial charge on any atom is -0.289 e. The van der Waals surface area contributed by atoms with Crippen molar-refractivity contribution in [1.29, 1.82) is 0 Å². The molecule has 0 unspecified atom stereocenters. The zero-order valence-corrected chi connectivity index (χ0v) is 10.6. The number of carbonyl (C=O) groups excluding carboxylic acids is 1. The number of hydrogen-bond donors (Lipinski definition) is 0. The van der Waals surface area contributed by atoms with Crippen LogP contribution >= 0.6 is 0 Å². The summed E-state index contributed by atoms with van der Waals surface area (Å²) in [5, 5.41) is 0. The largest absolute Gasteiger partial charge is 0.289 e. The second-order valence-corrected chi connectivity index (χ2v) is 4.15. The topological polar surface area (TPSA) is 17.1 Å². The fourth-order valence-electron chi connectivity index (χ4n) is 1.67. The maximum absolute atomic E-state index is 13.0. The number of halogens is 2. The molecule has 0 fully saturated rings. The summed E-state index contributed by atoms with van der Waals surface area (Å²) in [6.45, 7) is 0. The van der Waals surface area contributed by atoms with E-state index in [0.29, 0.717) is 0 Å². The van der Waals surface area contributed by atoms with Crippen LogP contribution < -0.4 is 0 Å². The molecule has 0 aliphatic carbocycles. The van der Waals surface area contributed by atoms with Gasteiger partial charge in [0.25, 0.3) is 0 Å². The molecule has 0 bridgehead atoms. The van der Waals surface area contributed by atoms with E-state index in [-0.39, 0.29) is 5.56 Å². The SMILES string of the molecule is O=C(/C=C/C=C/c1ccccc1)c1cc(F)cc(F)c1. The van der Waals surface area contributed by atoms with Crippen LogP contribution in [0.15, 0.2) is 66.8 Å². The second-order valence-electron chi connectivity index (χ2n) is 4.15. The van der Waals surface area contributed by atoms with E-state index in [4.69, 9.17) is 0 Å². The van der Waals surface area contributed by atoms with Gasteiger partial charge in [0.1, 0.15) is 11.6 Å². The van der Waals surface area contributed by atoms with Crippen LogP contribution in [0.4, 0.5) is 8.78 Å². The maximum atomic E-state index is 13.0. The number of carbonyl (C=O) groups is 1. The highest BCUT2D eigenvalue weighted by Gasteiger charge is 2.05. The third kappa shape index (κ3) is 3.99. The van der Waals surface area contributed by atoms with Crippen molar-refractivity contribution in [1.82, 2.24) is 0 Å². The molecule has 1 nitrogen and oxygen atoms in total. The summed E-state index contributed by atoms with van der Waals surface area (Å²) >= 11 is 0. The van der Waals surface area contributed by atoms with Crippen LogP contribution in [0.5, 0.6) is 0 Å². The summed E-state index contributed by atoms with van der Waals surface area (Å²) in [6, 6.07) is 12.3. The molecular weight excluding hydrogens is 258 g/mol. The highest BCUT2D eigenvalue weighted by atomic mass is 19.1. The van der Waals surface area contributed by atoms with E-state index in [9.17, 15) is 13.6 Å². The molecule has 0 saturated heterocycles. The molecule has 0 aliphatic rings. The Labute approximate surface area is 115 Å². The van der Waals surface area contributed by atoms with Crippen LogP contribution in [0, 0.1) is 11.6 Å². The van der Waals surface area contributed by atoms with E-state index in [1.165, 1.54) is 12.2 Å². The van der Waals surface area contributed by atoms with Crippen molar-refractivity contribution < 1.29 is 13.6 Å². The summed E-state index contributed by atoms with van der Waals surface area (Å²) < 4.78 is 25.9. The van der Waals surface area contributed by atoms with Crippen LogP contribution in [0.25, 0.3) is 6.08 Å². The first-order valence-corrected chi connectivity index (χ1v) is 6.05. The Balaban J connectivity index is 2.04. The molecule has 0 N–H and O–H groups in total. The predicted octanol–water partition coefficient (Wildman–Crippen LogP) is 4.42. The van der Waals surface area contributed by atoms with Crippen LogP contribution in [-0.4, -0.2) is 5.78 Å². The minimum atomic E-state index is -0.762. The Morgan fingerprint density at radius 3 is 2.20 bits per heavy atom. The Kier molecular flexibility index (Phi) is 4.56. The number of rotatable bonds is 4. The van der Waals surface area contributed by atoms with Crippen molar-refractivity contribution in [2.75, 3.05) is 0 Å². The van der Waals surface area contributed by atoms with Crippen molar-refractivity contribution in [3.63, 3.8) is 0 Å². The van der Waals surface area contributed by atoms with Crippen LogP contribution in [-0.2, 0) is 0 Å². The summed E-state index contributed by atoms with van der Waals surface area (Å²) in [4.78, 5) is 11.7. The lowest BCUT2D eigenvalue weighted by Crippen LogP contribution is -1.96. The van der Waals surface area contributed by atoms with Gasteiger partial charge in [-0.15, -0.1) is 0 Å². The van der Waals surface area contributed by atoms with Gasteiger partial charge in [0.2, 0.25) is 0 Å². The second kappa shape index (κ2) is 6.57. The van der Waals surface area contributed by atoms with Crippen molar-refractivity contribution in [3.05, 3.63) is 89.5 Å². The number of allylic oxidation sites excluding steroid dienone is 3. The van der Waals surface area contributed by atoms with Gasteiger partial charge in [-0.2, -0.15) is 0 Å². The van der Waals surface area contributed by atoms with Gasteiger partial charge in [0.05, 0.1) is 0 Å². The van der Waals surface area contributed by atoms with Gasteiger partial charge < -0.3 is 0 Å². The summed E-state index contributed by atoms with van der Waals surface area (Å²) in [5.74, 6) is -1.97. The quantitative estimate of drug-likeness (QED) is 0.456. The average molecular weight is 270 g/mol. The van der Waals surface area contributed by atoms with Gasteiger partial charge in [-0.1, -0.05) is 48.6 Å². The molecule has 3 heteroatoms. The molecule has 0 saturated carbocycles. The highest BCUT2D eigenvalue weighted by Crippen LogP contribution is 2.09. The lowest BCUT2D eigenvalue weighted by Gasteiger charge is -1.96. The van der Waals surface area contributed by atoms with Gasteiger partial charge in [0, 0.05) is 11.6 Å². The lowest BCUT2D eigenvalue weighted by molar-refractivity contribution is 0.104. The van der Waals surface area contributed by atoms with E-state index >= 15 is 0 Å². The fraction of sp³-hybridized carbons (Fsp3) is 0. The van der Waals surface area contributed by atoms with E-state index in [1.54, 1.807) is 6.08 Å². The van der Waals surface area contributed by atoms with Gasteiger partial charge in [-0.25, -0.2) is 8.78 Å². The van der Waals surface area contributed by atoms with Gasteiger partial charge >= 0.3 is 0 Å². The van der Waals surface area contributed by atoms with E-state index < -0.39 is 17.4 Å². The van der Waals surface area contributed by atoms with Crippen molar-refractivity contribution >= 4 is 11.9 Å². The third-order valence-corrected chi connectivity index (χ3v) is 2.59. The molecule has 0 spiro atoms. The first-order valence-electron chi connectivity index (χ1n) is 6.05. The summed E-state index contributed by atoms with van der Waals surface area (Å²) in [6.07, 6.45) is 6.34. The number of hydrogen-bond acceptors (Lipinski definition) is 1. The molecular formula is C17H12F2O. The van der Waals surface area contributed by atoms with Crippen LogP contribution in [0.2, 0.25) is 0 Å². The first kappa shape index (κ1) is 13.9. The Morgan fingerprint density at radius 1 is 0.900 bits per heavy atom. The zero-order valence-electron chi connectivity index (χ0n) is 10.6. The lowest BCUT2D eigenvalue weighted by atomic mass is 10.1. The minimum absolute atomic E-state index is 0.00754. The van der Waals surface area contributed by atoms with Gasteiger partial charge in [-0.05, 0) is 23.8 Å². The standard InChI is InChI=1S/C17H12F2O/c18-15-10-14(11-16(19)12-15)17(20)9-5-4-8-13-6-2-1-3-7-13/h1-12H/b8-4+,9-5+. The number of benzene rings is 2. The Bertz CT molecular complexity index is 638. The van der Waals surface area contributed by atoms with E-state index in [2.05, 4.69) is 0 Å². The molecule has 2 aromatic rings.